The Morgan fingerprint density at radius 3 is 2.23 bits per heavy atom. The Morgan fingerprint density at radius 1 is 0.875 bits per heavy atom. The number of hydrogen-bond donors (Lipinski definition) is 2. The molecule has 1 aliphatic rings. The molecule has 0 spiro atoms. The summed E-state index contributed by atoms with van der Waals surface area (Å²) in [4.78, 5) is 29.5. The van der Waals surface area contributed by atoms with E-state index in [0.29, 0.717) is 35.6 Å². The fourth-order valence-electron chi connectivity index (χ4n) is 4.86. The Morgan fingerprint density at radius 2 is 1.55 bits per heavy atom. The lowest BCUT2D eigenvalue weighted by molar-refractivity contribution is -0.116. The van der Waals surface area contributed by atoms with Crippen molar-refractivity contribution >= 4 is 40.1 Å². The molecule has 0 aromatic heterocycles. The van der Waals surface area contributed by atoms with Gasteiger partial charge in [0, 0.05) is 43.5 Å². The molecule has 1 heterocycles. The van der Waals surface area contributed by atoms with Crippen molar-refractivity contribution in [3.8, 4) is 0 Å². The Labute approximate surface area is 233 Å². The Hall–Kier alpha value is -4.75. The van der Waals surface area contributed by atoms with Crippen molar-refractivity contribution in [2.24, 2.45) is 0 Å². The van der Waals surface area contributed by atoms with E-state index in [1.54, 1.807) is 17.9 Å². The third-order valence-electron chi connectivity index (χ3n) is 6.87. The predicted octanol–water partition coefficient (Wildman–Crippen LogP) is 6.24. The smallest absolute Gasteiger partial charge is 0.258 e. The van der Waals surface area contributed by atoms with E-state index in [1.807, 2.05) is 79.8 Å². The number of halogens is 1. The fourth-order valence-corrected chi connectivity index (χ4v) is 4.86. The van der Waals surface area contributed by atoms with Crippen LogP contribution in [0.4, 0.5) is 21.5 Å². The highest BCUT2D eigenvalue weighted by atomic mass is 19.1. The first kappa shape index (κ1) is 26.8. The van der Waals surface area contributed by atoms with Crippen LogP contribution in [0.3, 0.4) is 0 Å². The largest absolute Gasteiger partial charge is 0.354 e. The van der Waals surface area contributed by atoms with Crippen molar-refractivity contribution in [3.05, 3.63) is 126 Å². The van der Waals surface area contributed by atoms with E-state index in [0.717, 1.165) is 23.5 Å². The van der Waals surface area contributed by atoms with E-state index >= 15 is 0 Å². The van der Waals surface area contributed by atoms with Gasteiger partial charge < -0.3 is 20.4 Å². The van der Waals surface area contributed by atoms with Crippen LogP contribution in [0.25, 0.3) is 11.3 Å². The maximum absolute atomic E-state index is 13.8. The monoisotopic (exact) mass is 534 g/mol. The highest BCUT2D eigenvalue weighted by molar-refractivity contribution is 6.37. The molecule has 4 aromatic carbocycles. The fraction of sp³-hybridized carbons (Fsp3) is 0.152. The molecule has 2 N–H and O–H groups in total. The van der Waals surface area contributed by atoms with Gasteiger partial charge in [0.05, 0.1) is 17.0 Å². The lowest BCUT2D eigenvalue weighted by atomic mass is 10.00. The van der Waals surface area contributed by atoms with Crippen molar-refractivity contribution in [1.82, 2.24) is 4.90 Å². The summed E-state index contributed by atoms with van der Waals surface area (Å²) in [6.07, 6.45) is 0. The molecule has 1 aliphatic heterocycles. The predicted molar refractivity (Wildman–Crippen MR) is 159 cm³/mol. The number of amides is 2. The van der Waals surface area contributed by atoms with Crippen LogP contribution in [0, 0.1) is 5.82 Å². The Balaban J connectivity index is 1.37. The number of rotatable bonds is 9. The van der Waals surface area contributed by atoms with Crippen LogP contribution in [0.2, 0.25) is 0 Å². The lowest BCUT2D eigenvalue weighted by Crippen LogP contribution is -2.36. The number of fused-ring (bicyclic) bond motifs is 1. The maximum atomic E-state index is 13.8. The lowest BCUT2D eigenvalue weighted by Gasteiger charge is -2.25. The minimum atomic E-state index is -0.411. The van der Waals surface area contributed by atoms with Crippen molar-refractivity contribution in [3.63, 3.8) is 0 Å². The summed E-state index contributed by atoms with van der Waals surface area (Å²) in [6.45, 7) is 3.64. The summed E-state index contributed by atoms with van der Waals surface area (Å²) in [7, 11) is 2.04. The van der Waals surface area contributed by atoms with Crippen molar-refractivity contribution in [1.29, 1.82) is 0 Å². The van der Waals surface area contributed by atoms with E-state index in [9.17, 15) is 14.0 Å². The summed E-state index contributed by atoms with van der Waals surface area (Å²) in [5.41, 5.74) is 5.72. The standard InChI is InChI=1S/C33H31FN4O2/c1-23(39)38(20-19-37(2)22-24-9-5-3-6-10-24)28-16-14-27(15-17-28)35-32(25-11-7-4-8-12-25)31-29-18-13-26(34)21-30(29)36-33(31)40/h3-18,21,35H,19-20,22H2,1-2H3,(H,36,40)/b32-31-. The molecular formula is C33H31FN4O2. The first-order valence-corrected chi connectivity index (χ1v) is 13.2. The molecule has 0 radical (unpaired) electrons. The molecule has 0 fully saturated rings. The summed E-state index contributed by atoms with van der Waals surface area (Å²) in [5, 5.41) is 6.18. The van der Waals surface area contributed by atoms with Gasteiger partial charge in [-0.3, -0.25) is 9.59 Å². The topological polar surface area (TPSA) is 64.7 Å². The molecule has 0 aliphatic carbocycles. The molecule has 202 valence electrons. The van der Waals surface area contributed by atoms with Gasteiger partial charge in [0.15, 0.2) is 0 Å². The van der Waals surface area contributed by atoms with Gasteiger partial charge in [-0.15, -0.1) is 0 Å². The molecule has 2 amide bonds. The molecule has 7 heteroatoms. The average molecular weight is 535 g/mol. The molecule has 0 atom stereocenters. The van der Waals surface area contributed by atoms with E-state index < -0.39 is 5.82 Å². The first-order valence-electron chi connectivity index (χ1n) is 13.2. The van der Waals surface area contributed by atoms with Crippen molar-refractivity contribution in [2.45, 2.75) is 13.5 Å². The summed E-state index contributed by atoms with van der Waals surface area (Å²) in [6, 6.07) is 31.6. The van der Waals surface area contributed by atoms with Crippen LogP contribution in [0.15, 0.2) is 103 Å². The van der Waals surface area contributed by atoms with E-state index in [1.165, 1.54) is 17.7 Å². The molecule has 5 rings (SSSR count). The zero-order valence-electron chi connectivity index (χ0n) is 22.5. The number of anilines is 3. The Bertz CT molecular complexity index is 1540. The van der Waals surface area contributed by atoms with Crippen LogP contribution in [-0.4, -0.2) is 36.9 Å². The minimum absolute atomic E-state index is 0.0348. The SMILES string of the molecule is CC(=O)N(CCN(C)Cc1ccccc1)c1ccc(N/C(=C2\C(=O)Nc3cc(F)ccc32)c2ccccc2)cc1. The highest BCUT2D eigenvalue weighted by Crippen LogP contribution is 2.38. The third-order valence-corrected chi connectivity index (χ3v) is 6.87. The van der Waals surface area contributed by atoms with Crippen LogP contribution >= 0.6 is 0 Å². The number of hydrogen-bond acceptors (Lipinski definition) is 4. The second-order valence-corrected chi connectivity index (χ2v) is 9.83. The Kier molecular flexibility index (Phi) is 8.03. The van der Waals surface area contributed by atoms with Gasteiger partial charge in [0.2, 0.25) is 5.91 Å². The van der Waals surface area contributed by atoms with E-state index in [-0.39, 0.29) is 11.8 Å². The van der Waals surface area contributed by atoms with Gasteiger partial charge in [0.25, 0.3) is 5.91 Å². The van der Waals surface area contributed by atoms with Crippen molar-refractivity contribution in [2.75, 3.05) is 35.7 Å². The number of likely N-dealkylation sites (N-methyl/N-ethyl adjacent to an activating group) is 1. The molecule has 0 bridgehead atoms. The normalized spacial score (nSPS) is 13.6. The molecule has 6 nitrogen and oxygen atoms in total. The average Bonchev–Trinajstić information content (AvgIpc) is 3.27. The number of carbonyl (C=O) groups excluding carboxylic acids is 2. The van der Waals surface area contributed by atoms with Gasteiger partial charge in [0.1, 0.15) is 5.82 Å². The first-order chi connectivity index (χ1) is 19.4. The number of carbonyl (C=O) groups is 2. The maximum Gasteiger partial charge on any atom is 0.258 e. The van der Waals surface area contributed by atoms with Crippen LogP contribution < -0.4 is 15.5 Å². The van der Waals surface area contributed by atoms with Crippen LogP contribution in [0.1, 0.15) is 23.6 Å². The second kappa shape index (κ2) is 12.0. The molecule has 40 heavy (non-hydrogen) atoms. The minimum Gasteiger partial charge on any atom is -0.354 e. The summed E-state index contributed by atoms with van der Waals surface area (Å²) in [5.74, 6) is -0.746. The van der Waals surface area contributed by atoms with Gasteiger partial charge in [-0.25, -0.2) is 4.39 Å². The molecule has 0 unspecified atom stereocenters. The van der Waals surface area contributed by atoms with Gasteiger partial charge in [-0.05, 0) is 60.6 Å². The number of nitrogens with one attached hydrogen (secondary N) is 2. The molecule has 4 aromatic rings. The number of nitrogens with zero attached hydrogens (tertiary/aromatic N) is 2. The second-order valence-electron chi connectivity index (χ2n) is 9.83. The molecule has 0 saturated carbocycles. The van der Waals surface area contributed by atoms with Gasteiger partial charge >= 0.3 is 0 Å². The molecule has 0 saturated heterocycles. The van der Waals surface area contributed by atoms with Crippen LogP contribution in [0.5, 0.6) is 0 Å². The number of benzene rings is 4. The third kappa shape index (κ3) is 6.11. The zero-order chi connectivity index (χ0) is 28.1. The summed E-state index contributed by atoms with van der Waals surface area (Å²) < 4.78 is 13.8. The zero-order valence-corrected chi connectivity index (χ0v) is 22.5. The summed E-state index contributed by atoms with van der Waals surface area (Å²) >= 11 is 0. The highest BCUT2D eigenvalue weighted by Gasteiger charge is 2.28. The van der Waals surface area contributed by atoms with Gasteiger partial charge in [-0.2, -0.15) is 0 Å². The van der Waals surface area contributed by atoms with Gasteiger partial charge in [-0.1, -0.05) is 60.7 Å². The van der Waals surface area contributed by atoms with E-state index in [2.05, 4.69) is 27.7 Å². The van der Waals surface area contributed by atoms with Crippen LogP contribution in [-0.2, 0) is 16.1 Å². The van der Waals surface area contributed by atoms with Crippen molar-refractivity contribution < 1.29 is 14.0 Å². The molecular weight excluding hydrogens is 503 g/mol. The quantitative estimate of drug-likeness (QED) is 0.250. The van der Waals surface area contributed by atoms with E-state index in [4.69, 9.17) is 0 Å².